The number of nitrogens with zero attached hydrogens (tertiary/aromatic N) is 2. The molecule has 0 atom stereocenters. The van der Waals surface area contributed by atoms with Gasteiger partial charge in [0.05, 0.1) is 17.6 Å². The molecule has 0 spiro atoms. The zero-order valence-corrected chi connectivity index (χ0v) is 23.8. The number of hydrogen-bond acceptors (Lipinski definition) is 3. The molecule has 0 saturated heterocycles. The molecule has 3 nitrogen and oxygen atoms in total. The third-order valence-corrected chi connectivity index (χ3v) is 8.72. The topological polar surface area (TPSA) is 29.3 Å². The van der Waals surface area contributed by atoms with Crippen LogP contribution in [0.5, 0.6) is 0 Å². The lowest BCUT2D eigenvalue weighted by molar-refractivity contribution is 0.667. The monoisotopic (exact) mass is 562 g/mol. The van der Waals surface area contributed by atoms with Crippen LogP contribution in [0.4, 0.5) is 17.1 Å². The fourth-order valence-electron chi connectivity index (χ4n) is 6.70. The molecule has 206 valence electrons. The molecule has 0 fully saturated rings. The highest BCUT2D eigenvalue weighted by molar-refractivity contribution is 6.24. The normalized spacial score (nSPS) is 11.6. The fourth-order valence-corrected chi connectivity index (χ4v) is 6.70. The molecule has 0 unspecified atom stereocenters. The lowest BCUT2D eigenvalue weighted by Crippen LogP contribution is -2.11. The number of para-hydroxylation sites is 1. The van der Waals surface area contributed by atoms with Crippen LogP contribution in [0.15, 0.2) is 162 Å². The van der Waals surface area contributed by atoms with E-state index in [9.17, 15) is 0 Å². The Kier molecular flexibility index (Phi) is 5.50. The summed E-state index contributed by atoms with van der Waals surface area (Å²) in [6.45, 7) is 0. The minimum absolute atomic E-state index is 0.782. The maximum absolute atomic E-state index is 6.55. The van der Waals surface area contributed by atoms with Gasteiger partial charge in [-0.15, -0.1) is 0 Å². The molecule has 0 aliphatic carbocycles. The van der Waals surface area contributed by atoms with Crippen LogP contribution < -0.4 is 4.90 Å². The first-order valence-corrected chi connectivity index (χ1v) is 14.9. The summed E-state index contributed by atoms with van der Waals surface area (Å²) in [4.78, 5) is 6.68. The first-order valence-electron chi connectivity index (χ1n) is 14.9. The van der Waals surface area contributed by atoms with E-state index >= 15 is 0 Å². The summed E-state index contributed by atoms with van der Waals surface area (Å²) in [5.74, 6) is 0. The lowest BCUT2D eigenvalue weighted by atomic mass is 9.94. The Hall–Kier alpha value is -5.93. The molecule has 0 aliphatic rings. The number of benzene rings is 7. The summed E-state index contributed by atoms with van der Waals surface area (Å²) >= 11 is 0. The molecule has 3 heteroatoms. The molecule has 0 radical (unpaired) electrons. The third-order valence-electron chi connectivity index (χ3n) is 8.72. The molecule has 0 amide bonds. The van der Waals surface area contributed by atoms with Gasteiger partial charge in [-0.3, -0.25) is 4.98 Å². The molecular weight excluding hydrogens is 536 g/mol. The molecule has 0 bridgehead atoms. The van der Waals surface area contributed by atoms with Crippen molar-refractivity contribution in [1.82, 2.24) is 4.98 Å². The second-order valence-electron chi connectivity index (χ2n) is 11.2. The predicted octanol–water partition coefficient (Wildman–Crippen LogP) is 11.6. The molecule has 9 rings (SSSR count). The van der Waals surface area contributed by atoms with Crippen molar-refractivity contribution in [1.29, 1.82) is 0 Å². The first kappa shape index (κ1) is 24.6. The van der Waals surface area contributed by atoms with E-state index in [2.05, 4.69) is 149 Å². The SMILES string of the molecule is c1ccc(-c2ccc(N(c3cc4ccc5ccccc5c4c4ccccc34)c3cccc4c3oc3cnccc34)cc2)cc1. The number of pyridine rings is 1. The Morgan fingerprint density at radius 2 is 1.18 bits per heavy atom. The smallest absolute Gasteiger partial charge is 0.159 e. The van der Waals surface area contributed by atoms with Gasteiger partial charge in [-0.05, 0) is 68.4 Å². The Morgan fingerprint density at radius 3 is 2.05 bits per heavy atom. The maximum atomic E-state index is 6.55. The van der Waals surface area contributed by atoms with Gasteiger partial charge in [0, 0.05) is 28.0 Å². The van der Waals surface area contributed by atoms with Crippen LogP contribution >= 0.6 is 0 Å². The molecule has 0 N–H and O–H groups in total. The Balaban J connectivity index is 1.36. The number of aromatic nitrogens is 1. The van der Waals surface area contributed by atoms with E-state index in [1.165, 1.54) is 43.4 Å². The molecule has 2 aromatic heterocycles. The van der Waals surface area contributed by atoms with E-state index in [1.54, 1.807) is 6.20 Å². The van der Waals surface area contributed by atoms with Crippen LogP contribution in [0.3, 0.4) is 0 Å². The molecule has 9 aromatic rings. The molecule has 0 saturated carbocycles. The zero-order valence-electron chi connectivity index (χ0n) is 23.8. The summed E-state index contributed by atoms with van der Waals surface area (Å²) < 4.78 is 6.55. The van der Waals surface area contributed by atoms with E-state index < -0.39 is 0 Å². The summed E-state index contributed by atoms with van der Waals surface area (Å²) in [7, 11) is 0. The number of furan rings is 1. The zero-order chi connectivity index (χ0) is 29.0. The number of anilines is 3. The van der Waals surface area contributed by atoms with Gasteiger partial charge in [0.2, 0.25) is 0 Å². The molecule has 2 heterocycles. The maximum Gasteiger partial charge on any atom is 0.159 e. The van der Waals surface area contributed by atoms with E-state index in [1.807, 2.05) is 12.3 Å². The van der Waals surface area contributed by atoms with Crippen molar-refractivity contribution in [3.8, 4) is 11.1 Å². The lowest BCUT2D eigenvalue weighted by Gasteiger charge is -2.28. The van der Waals surface area contributed by atoms with Crippen molar-refractivity contribution in [3.05, 3.63) is 158 Å². The van der Waals surface area contributed by atoms with E-state index in [0.717, 1.165) is 39.0 Å². The van der Waals surface area contributed by atoms with E-state index in [0.29, 0.717) is 0 Å². The van der Waals surface area contributed by atoms with Crippen molar-refractivity contribution in [2.24, 2.45) is 0 Å². The number of fused-ring (bicyclic) bond motifs is 8. The Bertz CT molecular complexity index is 2490. The molecule has 0 aliphatic heterocycles. The average Bonchev–Trinajstić information content (AvgIpc) is 3.48. The van der Waals surface area contributed by atoms with Gasteiger partial charge >= 0.3 is 0 Å². The van der Waals surface area contributed by atoms with Crippen molar-refractivity contribution in [2.75, 3.05) is 4.90 Å². The minimum Gasteiger partial charge on any atom is -0.452 e. The summed E-state index contributed by atoms with van der Waals surface area (Å²) in [6.07, 6.45) is 3.62. The van der Waals surface area contributed by atoms with Crippen molar-refractivity contribution >= 4 is 71.3 Å². The van der Waals surface area contributed by atoms with Crippen molar-refractivity contribution in [2.45, 2.75) is 0 Å². The summed E-state index contributed by atoms with van der Waals surface area (Å²) in [5.41, 5.74) is 7.13. The highest BCUT2D eigenvalue weighted by Crippen LogP contribution is 2.46. The van der Waals surface area contributed by atoms with Gasteiger partial charge in [0.25, 0.3) is 0 Å². The van der Waals surface area contributed by atoms with Gasteiger partial charge in [0.15, 0.2) is 11.2 Å². The number of hydrogen-bond donors (Lipinski definition) is 0. The van der Waals surface area contributed by atoms with Crippen LogP contribution in [0.25, 0.3) is 65.4 Å². The quantitative estimate of drug-likeness (QED) is 0.200. The predicted molar refractivity (Wildman–Crippen MR) is 184 cm³/mol. The highest BCUT2D eigenvalue weighted by atomic mass is 16.3. The van der Waals surface area contributed by atoms with Gasteiger partial charge in [-0.25, -0.2) is 0 Å². The fraction of sp³-hybridized carbons (Fsp3) is 0. The van der Waals surface area contributed by atoms with Crippen LogP contribution in [0, 0.1) is 0 Å². The van der Waals surface area contributed by atoms with Gasteiger partial charge in [0.1, 0.15) is 0 Å². The number of rotatable bonds is 4. The standard InChI is InChI=1S/C41H26N2O/c1-2-9-27(10-3-1)28-19-21-31(22-20-28)43(37-16-8-15-36-34-23-24-42-26-39(34)44-41(36)37)38-25-30-18-17-29-11-4-5-12-32(29)40(30)35-14-7-6-13-33(35)38/h1-26H. The van der Waals surface area contributed by atoms with E-state index in [4.69, 9.17) is 4.42 Å². The molecular formula is C41H26N2O. The van der Waals surface area contributed by atoms with Crippen molar-refractivity contribution < 1.29 is 4.42 Å². The third kappa shape index (κ3) is 3.80. The second-order valence-corrected chi connectivity index (χ2v) is 11.2. The van der Waals surface area contributed by atoms with Gasteiger partial charge in [-0.1, -0.05) is 115 Å². The first-order chi connectivity index (χ1) is 21.8. The molecule has 44 heavy (non-hydrogen) atoms. The van der Waals surface area contributed by atoms with Crippen molar-refractivity contribution in [3.63, 3.8) is 0 Å². The Morgan fingerprint density at radius 1 is 0.477 bits per heavy atom. The van der Waals surface area contributed by atoms with E-state index in [-0.39, 0.29) is 0 Å². The van der Waals surface area contributed by atoms with Gasteiger partial charge < -0.3 is 9.32 Å². The minimum atomic E-state index is 0.782. The van der Waals surface area contributed by atoms with Gasteiger partial charge in [-0.2, -0.15) is 0 Å². The van der Waals surface area contributed by atoms with Crippen LogP contribution in [-0.4, -0.2) is 4.98 Å². The molecule has 7 aromatic carbocycles. The van der Waals surface area contributed by atoms with Crippen LogP contribution in [-0.2, 0) is 0 Å². The van der Waals surface area contributed by atoms with Crippen LogP contribution in [0.1, 0.15) is 0 Å². The largest absolute Gasteiger partial charge is 0.452 e. The highest BCUT2D eigenvalue weighted by Gasteiger charge is 2.22. The summed E-state index contributed by atoms with van der Waals surface area (Å²) in [6, 6.07) is 52.0. The Labute approximate surface area is 254 Å². The average molecular weight is 563 g/mol. The van der Waals surface area contributed by atoms with Crippen LogP contribution in [0.2, 0.25) is 0 Å². The second kappa shape index (κ2) is 9.82. The summed E-state index contributed by atoms with van der Waals surface area (Å²) in [5, 5.41) is 9.51.